The van der Waals surface area contributed by atoms with Gasteiger partial charge in [0, 0.05) is 24.0 Å². The summed E-state index contributed by atoms with van der Waals surface area (Å²) in [7, 11) is 1.45. The van der Waals surface area contributed by atoms with Crippen LogP contribution < -0.4 is 15.6 Å². The first-order chi connectivity index (χ1) is 11.6. The van der Waals surface area contributed by atoms with Crippen LogP contribution in [0, 0.1) is 11.3 Å². The summed E-state index contributed by atoms with van der Waals surface area (Å²) >= 11 is 0. The standard InChI is InChI=1S/C18H17N3O3/c1-24-15-10-16(22)21-9-3-2-4-14(21)17(15)18(23)20-13-7-5-12(11-19)6-8-13/h5-8,10H,2-4,9H2,1H3,(H,20,23). The smallest absolute Gasteiger partial charge is 0.261 e. The Kier molecular flexibility index (Phi) is 4.34. The molecule has 1 amide bonds. The minimum atomic E-state index is -0.317. The summed E-state index contributed by atoms with van der Waals surface area (Å²) in [6.07, 6.45) is 2.53. The number of carbonyl (C=O) groups is 1. The molecule has 1 aromatic heterocycles. The largest absolute Gasteiger partial charge is 0.496 e. The highest BCUT2D eigenvalue weighted by Gasteiger charge is 2.24. The van der Waals surface area contributed by atoms with Crippen molar-refractivity contribution in [2.24, 2.45) is 0 Å². The number of pyridine rings is 1. The summed E-state index contributed by atoms with van der Waals surface area (Å²) in [6.45, 7) is 0.620. The number of aromatic nitrogens is 1. The molecule has 1 aromatic carbocycles. The van der Waals surface area contributed by atoms with Crippen molar-refractivity contribution in [3.8, 4) is 11.8 Å². The van der Waals surface area contributed by atoms with Crippen molar-refractivity contribution in [2.75, 3.05) is 12.4 Å². The fraction of sp³-hybridized carbons (Fsp3) is 0.278. The Morgan fingerprint density at radius 2 is 2.04 bits per heavy atom. The average molecular weight is 323 g/mol. The van der Waals surface area contributed by atoms with Crippen LogP contribution in [0.25, 0.3) is 0 Å². The SMILES string of the molecule is COc1cc(=O)n2c(c1C(=O)Nc1ccc(C#N)cc1)CCCC2. The first-order valence-electron chi connectivity index (χ1n) is 7.76. The van der Waals surface area contributed by atoms with E-state index in [0.717, 1.165) is 18.5 Å². The molecule has 0 bridgehead atoms. The highest BCUT2D eigenvalue weighted by atomic mass is 16.5. The van der Waals surface area contributed by atoms with Gasteiger partial charge in [-0.15, -0.1) is 0 Å². The Bertz CT molecular complexity index is 876. The van der Waals surface area contributed by atoms with Crippen molar-refractivity contribution in [3.05, 3.63) is 57.5 Å². The van der Waals surface area contributed by atoms with Crippen LogP contribution in [-0.2, 0) is 13.0 Å². The van der Waals surface area contributed by atoms with Gasteiger partial charge in [-0.05, 0) is 43.5 Å². The molecule has 1 aliphatic rings. The van der Waals surface area contributed by atoms with Crippen LogP contribution in [0.2, 0.25) is 0 Å². The maximum Gasteiger partial charge on any atom is 0.261 e. The van der Waals surface area contributed by atoms with Gasteiger partial charge in [-0.2, -0.15) is 5.26 Å². The van der Waals surface area contributed by atoms with Gasteiger partial charge in [0.25, 0.3) is 11.5 Å². The molecule has 6 nitrogen and oxygen atoms in total. The predicted octanol–water partition coefficient (Wildman–Crippen LogP) is 2.32. The van der Waals surface area contributed by atoms with Gasteiger partial charge in [-0.25, -0.2) is 0 Å². The first-order valence-corrected chi connectivity index (χ1v) is 7.76. The van der Waals surface area contributed by atoms with E-state index < -0.39 is 0 Å². The maximum absolute atomic E-state index is 12.8. The van der Waals surface area contributed by atoms with Gasteiger partial charge < -0.3 is 14.6 Å². The van der Waals surface area contributed by atoms with Gasteiger partial charge in [0.15, 0.2) is 0 Å². The van der Waals surface area contributed by atoms with E-state index in [9.17, 15) is 9.59 Å². The summed E-state index contributed by atoms with van der Waals surface area (Å²) in [5.41, 5.74) is 2.09. The zero-order chi connectivity index (χ0) is 17.1. The van der Waals surface area contributed by atoms with Crippen LogP contribution in [0.15, 0.2) is 35.1 Å². The Hall–Kier alpha value is -3.07. The van der Waals surface area contributed by atoms with Crippen LogP contribution in [0.4, 0.5) is 5.69 Å². The van der Waals surface area contributed by atoms with Crippen LogP contribution >= 0.6 is 0 Å². The lowest BCUT2D eigenvalue weighted by Crippen LogP contribution is -2.30. The highest BCUT2D eigenvalue weighted by Crippen LogP contribution is 2.26. The van der Waals surface area contributed by atoms with Gasteiger partial charge in [-0.1, -0.05) is 0 Å². The monoisotopic (exact) mass is 323 g/mol. The first kappa shape index (κ1) is 15.8. The third kappa shape index (κ3) is 2.88. The lowest BCUT2D eigenvalue weighted by Gasteiger charge is -2.22. The minimum absolute atomic E-state index is 0.142. The van der Waals surface area contributed by atoms with E-state index in [1.165, 1.54) is 13.2 Å². The van der Waals surface area contributed by atoms with Gasteiger partial charge in [0.2, 0.25) is 0 Å². The Labute approximate surface area is 139 Å². The lowest BCUT2D eigenvalue weighted by atomic mass is 10.0. The number of carbonyl (C=O) groups excluding carboxylic acids is 1. The second kappa shape index (κ2) is 6.59. The summed E-state index contributed by atoms with van der Waals surface area (Å²) in [5.74, 6) is -0.0264. The second-order valence-corrected chi connectivity index (χ2v) is 5.62. The summed E-state index contributed by atoms with van der Waals surface area (Å²) < 4.78 is 6.92. The number of nitriles is 1. The fourth-order valence-corrected chi connectivity index (χ4v) is 2.97. The summed E-state index contributed by atoms with van der Waals surface area (Å²) in [4.78, 5) is 24.9. The number of hydrogen-bond acceptors (Lipinski definition) is 4. The number of ether oxygens (including phenoxy) is 1. The fourth-order valence-electron chi connectivity index (χ4n) is 2.97. The van der Waals surface area contributed by atoms with Crippen molar-refractivity contribution in [1.29, 1.82) is 5.26 Å². The molecule has 0 atom stereocenters. The van der Waals surface area contributed by atoms with Crippen LogP contribution in [0.5, 0.6) is 5.75 Å². The summed E-state index contributed by atoms with van der Waals surface area (Å²) in [5, 5.41) is 11.6. The van der Waals surface area contributed by atoms with E-state index >= 15 is 0 Å². The molecular weight excluding hydrogens is 306 g/mol. The number of anilines is 1. The van der Waals surface area contributed by atoms with Crippen LogP contribution in [-0.4, -0.2) is 17.6 Å². The van der Waals surface area contributed by atoms with E-state index in [-0.39, 0.29) is 11.5 Å². The highest BCUT2D eigenvalue weighted by molar-refractivity contribution is 6.07. The van der Waals surface area contributed by atoms with E-state index in [0.29, 0.717) is 35.5 Å². The van der Waals surface area contributed by atoms with E-state index in [1.807, 2.05) is 6.07 Å². The van der Waals surface area contributed by atoms with Crippen molar-refractivity contribution < 1.29 is 9.53 Å². The molecule has 0 unspecified atom stereocenters. The molecule has 0 spiro atoms. The molecule has 3 rings (SSSR count). The van der Waals surface area contributed by atoms with Gasteiger partial charge in [-0.3, -0.25) is 9.59 Å². The number of benzene rings is 1. The van der Waals surface area contributed by atoms with E-state index in [4.69, 9.17) is 10.00 Å². The number of nitrogens with one attached hydrogen (secondary N) is 1. The van der Waals surface area contributed by atoms with Crippen LogP contribution in [0.1, 0.15) is 34.5 Å². The molecule has 122 valence electrons. The molecule has 2 heterocycles. The lowest BCUT2D eigenvalue weighted by molar-refractivity contribution is 0.102. The van der Waals surface area contributed by atoms with Gasteiger partial charge >= 0.3 is 0 Å². The molecule has 0 fully saturated rings. The molecule has 6 heteroatoms. The molecule has 24 heavy (non-hydrogen) atoms. The third-order valence-electron chi connectivity index (χ3n) is 4.15. The topological polar surface area (TPSA) is 84.1 Å². The number of methoxy groups -OCH3 is 1. The van der Waals surface area contributed by atoms with Crippen molar-refractivity contribution >= 4 is 11.6 Å². The van der Waals surface area contributed by atoms with Gasteiger partial charge in [0.05, 0.1) is 18.7 Å². The van der Waals surface area contributed by atoms with E-state index in [1.54, 1.807) is 28.8 Å². The third-order valence-corrected chi connectivity index (χ3v) is 4.15. The molecule has 0 saturated heterocycles. The number of fused-ring (bicyclic) bond motifs is 1. The Balaban J connectivity index is 1.99. The molecule has 1 aliphatic heterocycles. The summed E-state index contributed by atoms with van der Waals surface area (Å²) in [6, 6.07) is 10.0. The minimum Gasteiger partial charge on any atom is -0.496 e. The number of hydrogen-bond donors (Lipinski definition) is 1. The second-order valence-electron chi connectivity index (χ2n) is 5.62. The van der Waals surface area contributed by atoms with Crippen molar-refractivity contribution in [1.82, 2.24) is 4.57 Å². The molecule has 0 saturated carbocycles. The average Bonchev–Trinajstić information content (AvgIpc) is 2.62. The molecule has 2 aromatic rings. The van der Waals surface area contributed by atoms with Gasteiger partial charge in [0.1, 0.15) is 11.3 Å². The van der Waals surface area contributed by atoms with E-state index in [2.05, 4.69) is 5.32 Å². The van der Waals surface area contributed by atoms with Crippen LogP contribution in [0.3, 0.4) is 0 Å². The number of rotatable bonds is 3. The van der Waals surface area contributed by atoms with Crippen molar-refractivity contribution in [2.45, 2.75) is 25.8 Å². The predicted molar refractivity (Wildman–Crippen MR) is 89.3 cm³/mol. The normalized spacial score (nSPS) is 12.8. The molecular formula is C18H17N3O3. The molecule has 0 aliphatic carbocycles. The molecule has 1 N–H and O–H groups in total. The number of amides is 1. The number of nitrogens with zero attached hydrogens (tertiary/aromatic N) is 2. The zero-order valence-electron chi connectivity index (χ0n) is 13.3. The maximum atomic E-state index is 12.8. The quantitative estimate of drug-likeness (QED) is 0.939. The van der Waals surface area contributed by atoms with Crippen molar-refractivity contribution in [3.63, 3.8) is 0 Å². The Morgan fingerprint density at radius 1 is 1.29 bits per heavy atom. The molecule has 0 radical (unpaired) electrons. The Morgan fingerprint density at radius 3 is 2.71 bits per heavy atom. The zero-order valence-corrected chi connectivity index (χ0v) is 13.3.